The lowest BCUT2D eigenvalue weighted by molar-refractivity contribution is -0.00567. The number of rotatable bonds is 8. The fourth-order valence-electron chi connectivity index (χ4n) is 14.2. The molecule has 0 saturated heterocycles. The number of aryl methyl sites for hydroxylation is 3. The van der Waals surface area contributed by atoms with Crippen molar-refractivity contribution < 1.29 is 22.9 Å². The maximum absolute atomic E-state index is 9.67. The zero-order valence-corrected chi connectivity index (χ0v) is 43.3. The molecular weight excluding hydrogens is 889 g/mol. The van der Waals surface area contributed by atoms with E-state index in [2.05, 4.69) is 89.0 Å². The van der Waals surface area contributed by atoms with Gasteiger partial charge in [-0.15, -0.1) is 0 Å². The van der Waals surface area contributed by atoms with Crippen molar-refractivity contribution >= 4 is 43.5 Å². The number of furan rings is 1. The van der Waals surface area contributed by atoms with E-state index < -0.39 is 20.6 Å². The van der Waals surface area contributed by atoms with Crippen LogP contribution in [0.25, 0.3) is 77.1 Å². The number of benzene rings is 6. The summed E-state index contributed by atoms with van der Waals surface area (Å²) in [4.78, 5) is 9.70. The number of ether oxygens (including phenoxy) is 1. The average Bonchev–Trinajstić information content (AvgIpc) is 4.09. The van der Waals surface area contributed by atoms with E-state index in [1.165, 1.54) is 18.1 Å². The number of nitrogens with zero attached hydrogens (tertiary/aromatic N) is 2. The second kappa shape index (κ2) is 18.6. The number of fused-ring (bicyclic) bond motifs is 7. The monoisotopic (exact) mass is 973 g/mol. The zero-order valence-electron chi connectivity index (χ0n) is 53.3. The highest BCUT2D eigenvalue weighted by Gasteiger charge is 2.46. The third kappa shape index (κ3) is 8.75. The summed E-state index contributed by atoms with van der Waals surface area (Å²) in [6.07, 6.45) is 14.2. The molecule has 0 N–H and O–H groups in total. The van der Waals surface area contributed by atoms with Gasteiger partial charge in [-0.05, 0) is 236 Å². The molecule has 0 spiro atoms. The molecule has 3 aliphatic carbocycles. The Morgan fingerprint density at radius 2 is 1.40 bits per heavy atom. The third-order valence-electron chi connectivity index (χ3n) is 18.2. The Bertz CT molecular complexity index is 3960. The molecule has 12 rings (SSSR count). The lowest BCUT2D eigenvalue weighted by Crippen LogP contribution is -2.42. The molecule has 3 saturated carbocycles. The van der Waals surface area contributed by atoms with E-state index in [1.807, 2.05) is 48.7 Å². The first-order chi connectivity index (χ1) is 39.2. The van der Waals surface area contributed by atoms with Crippen LogP contribution in [0.4, 0.5) is 0 Å². The summed E-state index contributed by atoms with van der Waals surface area (Å²) in [6.45, 7) is 6.11. The van der Waals surface area contributed by atoms with Crippen molar-refractivity contribution in [2.75, 3.05) is 0 Å². The normalized spacial score (nSPS) is 26.6. The smallest absolute Gasteiger partial charge is 0.145 e. The number of pyridine rings is 2. The first-order valence-corrected chi connectivity index (χ1v) is 26.9. The van der Waals surface area contributed by atoms with Gasteiger partial charge in [0.05, 0.1) is 11.4 Å². The van der Waals surface area contributed by atoms with E-state index in [1.54, 1.807) is 24.3 Å². The molecule has 0 amide bonds. The zero-order chi connectivity index (χ0) is 58.8. The molecule has 0 bridgehead atoms. The summed E-state index contributed by atoms with van der Waals surface area (Å²) in [5.41, 5.74) is 6.16. The SMILES string of the molecule is [2H]C([2H])([2H])c1cnc(-c2cc(Oc3cc(-c4cc(C5CCC(C)(C6CCC(C7([2H])CCC(C)(C)CC7)CC6C)CC5C)c(C)cn4)c4oc5c(ccc6ccc7ccccc7c65)c4c3)c(C([2H])([2H])[2H])c(-c3ccccc3)c2)cc1C([2H])([2H])[2H]. The first-order valence-electron chi connectivity index (χ1n) is 31.9. The lowest BCUT2D eigenvalue weighted by Gasteiger charge is -2.52. The van der Waals surface area contributed by atoms with Gasteiger partial charge in [-0.1, -0.05) is 107 Å². The second-order valence-electron chi connectivity index (χ2n) is 23.6. The number of hydrogen-bond donors (Lipinski definition) is 0. The standard InChI is InChI=1S/C69H74N2O2/c1-41-32-62(70-39-44(41)4)52-33-58(48-15-11-10-12-16-48)46(6)64(34-52)72-53-35-59-56-23-21-50-20-19-49-17-13-14-18-55(49)65(50)67(56)73-66(59)60(36-53)63-37-57(45(5)40-71-63)54-27-30-69(9,38-43(54)3)61-24-22-51(31-42(61)2)47-25-28-68(7,8)29-26-47/h10-21,23,32-37,39-40,42-43,47,51,54,61H,22,24-31,38H2,1-9H3/i1D3,4D3,6D3,47D. The molecule has 0 radical (unpaired) electrons. The lowest BCUT2D eigenvalue weighted by atomic mass is 9.53. The Balaban J connectivity index is 0.973. The molecular formula is C69H74N2O2. The highest BCUT2D eigenvalue weighted by atomic mass is 16.5. The van der Waals surface area contributed by atoms with Gasteiger partial charge in [0, 0.05) is 53.4 Å². The molecule has 73 heavy (non-hydrogen) atoms. The predicted molar refractivity (Wildman–Crippen MR) is 306 cm³/mol. The van der Waals surface area contributed by atoms with Crippen LogP contribution < -0.4 is 4.74 Å². The molecule has 6 unspecified atom stereocenters. The van der Waals surface area contributed by atoms with Crippen molar-refractivity contribution in [2.45, 2.75) is 132 Å². The van der Waals surface area contributed by atoms with Gasteiger partial charge in [0.1, 0.15) is 22.7 Å². The van der Waals surface area contributed by atoms with Crippen molar-refractivity contribution in [3.63, 3.8) is 0 Å². The Labute approximate surface area is 448 Å². The van der Waals surface area contributed by atoms with Gasteiger partial charge in [-0.25, -0.2) is 0 Å². The van der Waals surface area contributed by atoms with Crippen LogP contribution >= 0.6 is 0 Å². The molecule has 9 aromatic rings. The molecule has 372 valence electrons. The van der Waals surface area contributed by atoms with Gasteiger partial charge in [-0.2, -0.15) is 0 Å². The van der Waals surface area contributed by atoms with Gasteiger partial charge in [-0.3, -0.25) is 9.97 Å². The maximum atomic E-state index is 9.67. The van der Waals surface area contributed by atoms with Crippen LogP contribution in [-0.2, 0) is 0 Å². The van der Waals surface area contributed by atoms with Crippen molar-refractivity contribution in [2.24, 2.45) is 40.4 Å². The van der Waals surface area contributed by atoms with Gasteiger partial charge < -0.3 is 9.15 Å². The Hall–Kier alpha value is -6.26. The van der Waals surface area contributed by atoms with Gasteiger partial charge in [0.25, 0.3) is 0 Å². The van der Waals surface area contributed by atoms with E-state index in [0.717, 1.165) is 102 Å². The molecule has 3 heterocycles. The van der Waals surface area contributed by atoms with Crippen LogP contribution in [0.1, 0.15) is 146 Å². The van der Waals surface area contributed by atoms with E-state index in [4.69, 9.17) is 26.5 Å². The number of aromatic nitrogens is 2. The Morgan fingerprint density at radius 3 is 2.19 bits per heavy atom. The second-order valence-corrected chi connectivity index (χ2v) is 23.6. The van der Waals surface area contributed by atoms with E-state index in [9.17, 15) is 1.37 Å². The quantitative estimate of drug-likeness (QED) is 0.142. The van der Waals surface area contributed by atoms with Crippen LogP contribution in [0.2, 0.25) is 0 Å². The molecule has 3 aliphatic rings. The Kier molecular flexibility index (Phi) is 9.54. The van der Waals surface area contributed by atoms with Crippen molar-refractivity contribution in [3.05, 3.63) is 155 Å². The molecule has 3 aromatic heterocycles. The van der Waals surface area contributed by atoms with Crippen LogP contribution in [0.15, 0.2) is 132 Å². The summed E-state index contributed by atoms with van der Waals surface area (Å²) < 4.78 is 101. The van der Waals surface area contributed by atoms with Crippen LogP contribution in [-0.4, -0.2) is 9.97 Å². The average molecular weight is 973 g/mol. The van der Waals surface area contributed by atoms with Crippen LogP contribution in [0.3, 0.4) is 0 Å². The van der Waals surface area contributed by atoms with Gasteiger partial charge >= 0.3 is 0 Å². The van der Waals surface area contributed by atoms with Gasteiger partial charge in [0.2, 0.25) is 0 Å². The minimum atomic E-state index is -2.80. The van der Waals surface area contributed by atoms with Crippen molar-refractivity contribution in [3.8, 4) is 45.1 Å². The largest absolute Gasteiger partial charge is 0.457 e. The summed E-state index contributed by atoms with van der Waals surface area (Å²) >= 11 is 0. The van der Waals surface area contributed by atoms with E-state index >= 15 is 0 Å². The van der Waals surface area contributed by atoms with Crippen LogP contribution in [0.5, 0.6) is 11.5 Å². The van der Waals surface area contributed by atoms with E-state index in [-0.39, 0.29) is 45.4 Å². The summed E-state index contributed by atoms with van der Waals surface area (Å²) in [6, 6.07) is 36.2. The third-order valence-corrected chi connectivity index (χ3v) is 18.2. The Morgan fingerprint density at radius 1 is 0.630 bits per heavy atom. The number of hydrogen-bond acceptors (Lipinski definition) is 4. The molecule has 3 fully saturated rings. The fraction of sp³-hybridized carbons (Fsp3) is 0.391. The van der Waals surface area contributed by atoms with Gasteiger partial charge in [0.15, 0.2) is 0 Å². The van der Waals surface area contributed by atoms with E-state index in [0.29, 0.717) is 73.9 Å². The van der Waals surface area contributed by atoms with Crippen molar-refractivity contribution in [1.29, 1.82) is 0 Å². The minimum absolute atomic E-state index is 0.00954. The van der Waals surface area contributed by atoms with Crippen LogP contribution in [0, 0.1) is 67.9 Å². The summed E-state index contributed by atoms with van der Waals surface area (Å²) in [7, 11) is 0. The topological polar surface area (TPSA) is 48.2 Å². The predicted octanol–water partition coefficient (Wildman–Crippen LogP) is 19.9. The molecule has 4 nitrogen and oxygen atoms in total. The summed E-state index contributed by atoms with van der Waals surface area (Å²) in [5.74, 6) is 2.39. The maximum Gasteiger partial charge on any atom is 0.145 e. The highest BCUT2D eigenvalue weighted by molar-refractivity contribution is 6.24. The molecule has 0 aliphatic heterocycles. The molecule has 6 aromatic carbocycles. The first kappa shape index (κ1) is 37.5. The molecule has 4 heteroatoms. The summed E-state index contributed by atoms with van der Waals surface area (Å²) in [5, 5.41) is 5.71. The highest BCUT2D eigenvalue weighted by Crippen LogP contribution is 2.57. The van der Waals surface area contributed by atoms with Crippen molar-refractivity contribution in [1.82, 2.24) is 9.97 Å². The minimum Gasteiger partial charge on any atom is -0.457 e. The molecule has 6 atom stereocenters. The fourth-order valence-corrected chi connectivity index (χ4v) is 14.2.